The van der Waals surface area contributed by atoms with Crippen molar-refractivity contribution in [3.8, 4) is 11.1 Å². The number of sulfonamides is 1. The first-order chi connectivity index (χ1) is 18.5. The molecule has 5 rings (SSSR count). The topological polar surface area (TPSA) is 106 Å². The average Bonchev–Trinajstić information content (AvgIpc) is 3.37. The van der Waals surface area contributed by atoms with Crippen LogP contribution in [0.2, 0.25) is 0 Å². The number of fused-ring (bicyclic) bond motifs is 1. The number of rotatable bonds is 5. The molecule has 9 nitrogen and oxygen atoms in total. The Kier molecular flexibility index (Phi) is 6.96. The van der Waals surface area contributed by atoms with Crippen LogP contribution in [0.3, 0.4) is 0 Å². The second-order valence-electron chi connectivity index (χ2n) is 10.3. The molecule has 0 atom stereocenters. The molecule has 2 aliphatic heterocycles. The molecule has 2 aromatic carbocycles. The van der Waals surface area contributed by atoms with Gasteiger partial charge in [0.15, 0.2) is 0 Å². The Morgan fingerprint density at radius 3 is 2.31 bits per heavy atom. The summed E-state index contributed by atoms with van der Waals surface area (Å²) in [5.74, 6) is -0.242. The minimum Gasteiger partial charge on any atom is -0.358 e. The van der Waals surface area contributed by atoms with Crippen molar-refractivity contribution in [3.63, 3.8) is 0 Å². The number of nitrogens with one attached hydrogen (secondary N) is 2. The lowest BCUT2D eigenvalue weighted by Crippen LogP contribution is -2.47. The molecule has 3 aromatic rings. The van der Waals surface area contributed by atoms with E-state index < -0.39 is 10.0 Å². The Morgan fingerprint density at radius 2 is 1.67 bits per heavy atom. The zero-order chi connectivity index (χ0) is 28.1. The van der Waals surface area contributed by atoms with Crippen LogP contribution < -0.4 is 5.32 Å². The quantitative estimate of drug-likeness (QED) is 0.476. The third-order valence-electron chi connectivity index (χ3n) is 7.53. The normalized spacial score (nSPS) is 17.1. The van der Waals surface area contributed by atoms with Crippen molar-refractivity contribution in [2.24, 2.45) is 0 Å². The van der Waals surface area contributed by atoms with Crippen molar-refractivity contribution in [2.45, 2.75) is 18.7 Å². The molecule has 0 bridgehead atoms. The first-order valence-electron chi connectivity index (χ1n) is 12.8. The van der Waals surface area contributed by atoms with E-state index in [1.165, 1.54) is 26.2 Å². The maximum atomic E-state index is 13.0. The highest BCUT2D eigenvalue weighted by Crippen LogP contribution is 2.37. The van der Waals surface area contributed by atoms with Crippen LogP contribution in [0.1, 0.15) is 32.9 Å². The van der Waals surface area contributed by atoms with Gasteiger partial charge in [0.25, 0.3) is 11.8 Å². The number of amides is 2. The minimum absolute atomic E-state index is 0.0455. The molecule has 10 heteroatoms. The van der Waals surface area contributed by atoms with Gasteiger partial charge in [-0.1, -0.05) is 12.1 Å². The number of carbonyl (C=O) groups is 2. The Morgan fingerprint density at radius 1 is 1.00 bits per heavy atom. The molecule has 39 heavy (non-hydrogen) atoms. The van der Waals surface area contributed by atoms with Gasteiger partial charge in [-0.15, -0.1) is 0 Å². The highest BCUT2D eigenvalue weighted by Gasteiger charge is 2.28. The van der Waals surface area contributed by atoms with E-state index in [9.17, 15) is 18.0 Å². The summed E-state index contributed by atoms with van der Waals surface area (Å²) in [5, 5.41) is 2.83. The van der Waals surface area contributed by atoms with Crippen LogP contribution in [0.25, 0.3) is 22.8 Å². The van der Waals surface area contributed by atoms with Crippen molar-refractivity contribution >= 4 is 39.2 Å². The van der Waals surface area contributed by atoms with Crippen LogP contribution in [0.15, 0.2) is 47.4 Å². The highest BCUT2D eigenvalue weighted by atomic mass is 32.2. The molecule has 2 amide bonds. The van der Waals surface area contributed by atoms with E-state index in [-0.39, 0.29) is 16.7 Å². The molecule has 204 valence electrons. The first kappa shape index (κ1) is 26.9. The number of carbonyl (C=O) groups excluding carboxylic acids is 2. The number of piperazine rings is 1. The number of aromatic nitrogens is 1. The fourth-order valence-corrected chi connectivity index (χ4v) is 6.08. The molecule has 2 N–H and O–H groups in total. The first-order valence-corrected chi connectivity index (χ1v) is 14.3. The second kappa shape index (κ2) is 10.1. The molecule has 1 fully saturated rings. The largest absolute Gasteiger partial charge is 0.358 e. The summed E-state index contributed by atoms with van der Waals surface area (Å²) < 4.78 is 26.5. The molecule has 3 heterocycles. The van der Waals surface area contributed by atoms with Gasteiger partial charge < -0.3 is 20.1 Å². The number of hydrogen-bond donors (Lipinski definition) is 2. The average molecular weight is 548 g/mol. The summed E-state index contributed by atoms with van der Waals surface area (Å²) in [6.07, 6.45) is 1.77. The van der Waals surface area contributed by atoms with Crippen LogP contribution >= 0.6 is 0 Å². The van der Waals surface area contributed by atoms with Gasteiger partial charge >= 0.3 is 0 Å². The molecule has 0 unspecified atom stereocenters. The summed E-state index contributed by atoms with van der Waals surface area (Å²) in [5.41, 5.74) is 6.80. The Labute approximate surface area is 229 Å². The van der Waals surface area contributed by atoms with Gasteiger partial charge in [0, 0.05) is 74.0 Å². The maximum absolute atomic E-state index is 13.0. The van der Waals surface area contributed by atoms with E-state index in [2.05, 4.69) is 22.2 Å². The van der Waals surface area contributed by atoms with E-state index in [0.29, 0.717) is 22.4 Å². The molecular formula is C29H33N5O4S. The van der Waals surface area contributed by atoms with Crippen LogP contribution in [-0.2, 0) is 14.8 Å². The van der Waals surface area contributed by atoms with Crippen LogP contribution in [0, 0.1) is 13.8 Å². The number of aryl methyl sites for hydroxylation is 1. The highest BCUT2D eigenvalue weighted by molar-refractivity contribution is 7.89. The van der Waals surface area contributed by atoms with Crippen LogP contribution in [0.5, 0.6) is 0 Å². The van der Waals surface area contributed by atoms with E-state index in [1.54, 1.807) is 12.1 Å². The lowest BCUT2D eigenvalue weighted by atomic mass is 9.98. The number of anilines is 1. The fraction of sp³-hybridized carbons (Fsp3) is 0.310. The van der Waals surface area contributed by atoms with Crippen molar-refractivity contribution in [1.29, 1.82) is 0 Å². The Hall–Kier alpha value is -3.73. The molecule has 0 radical (unpaired) electrons. The Bertz CT molecular complexity index is 1590. The van der Waals surface area contributed by atoms with Crippen molar-refractivity contribution in [3.05, 3.63) is 70.5 Å². The number of likely N-dealkylation sites (N-methyl/N-ethyl adjacent to an activating group) is 1. The summed E-state index contributed by atoms with van der Waals surface area (Å²) >= 11 is 0. The zero-order valence-corrected chi connectivity index (χ0v) is 23.6. The molecule has 0 aliphatic carbocycles. The fourth-order valence-electron chi connectivity index (χ4n) is 5.15. The van der Waals surface area contributed by atoms with Crippen LogP contribution in [-0.4, -0.2) is 86.6 Å². The summed E-state index contributed by atoms with van der Waals surface area (Å²) in [6, 6.07) is 12.3. The lowest BCUT2D eigenvalue weighted by Gasteiger charge is -2.32. The molecule has 1 aromatic heterocycles. The standard InChI is InChI=1S/C29H33N5O4S/c1-18-26(17-24-23-16-22(39(37,38)32(3)4)10-11-25(23)31-28(24)35)30-19(2)27(18)20-6-8-21(9-7-20)29(36)34-14-12-33(5)13-15-34/h6-11,16-17,30H,12-15H2,1-5H3,(H,31,35). The van der Waals surface area contributed by atoms with Crippen molar-refractivity contribution in [2.75, 3.05) is 52.6 Å². The molecular weight excluding hydrogens is 514 g/mol. The zero-order valence-electron chi connectivity index (χ0n) is 22.8. The van der Waals surface area contributed by atoms with Gasteiger partial charge in [-0.2, -0.15) is 0 Å². The number of H-pyrrole nitrogens is 1. The van der Waals surface area contributed by atoms with E-state index >= 15 is 0 Å². The van der Waals surface area contributed by atoms with Gasteiger partial charge in [-0.3, -0.25) is 9.59 Å². The summed E-state index contributed by atoms with van der Waals surface area (Å²) in [6.45, 7) is 7.15. The summed E-state index contributed by atoms with van der Waals surface area (Å²) in [4.78, 5) is 33.4. The molecule has 1 saturated heterocycles. The van der Waals surface area contributed by atoms with Crippen molar-refractivity contribution in [1.82, 2.24) is 19.1 Å². The van der Waals surface area contributed by atoms with Gasteiger partial charge in [-0.05, 0) is 68.4 Å². The van der Waals surface area contributed by atoms with Crippen molar-refractivity contribution < 1.29 is 18.0 Å². The Balaban J connectivity index is 1.45. The minimum atomic E-state index is -3.65. The predicted octanol–water partition coefficient (Wildman–Crippen LogP) is 3.43. The third kappa shape index (κ3) is 4.91. The SMILES string of the molecule is Cc1[nH]c(C=C2C(=O)Nc3ccc(S(=O)(=O)N(C)C)cc32)c(C)c1-c1ccc(C(=O)N2CCN(C)CC2)cc1. The smallest absolute Gasteiger partial charge is 0.256 e. The monoisotopic (exact) mass is 547 g/mol. The lowest BCUT2D eigenvalue weighted by molar-refractivity contribution is -0.110. The number of nitrogens with zero attached hydrogens (tertiary/aromatic N) is 3. The third-order valence-corrected chi connectivity index (χ3v) is 9.34. The molecule has 0 spiro atoms. The maximum Gasteiger partial charge on any atom is 0.256 e. The van der Waals surface area contributed by atoms with Gasteiger partial charge in [0.05, 0.1) is 10.5 Å². The van der Waals surface area contributed by atoms with E-state index in [1.807, 2.05) is 43.0 Å². The summed E-state index contributed by atoms with van der Waals surface area (Å²) in [7, 11) is 1.37. The molecule has 2 aliphatic rings. The number of aromatic amines is 1. The number of benzene rings is 2. The second-order valence-corrected chi connectivity index (χ2v) is 12.5. The van der Waals surface area contributed by atoms with Gasteiger partial charge in [-0.25, -0.2) is 12.7 Å². The van der Waals surface area contributed by atoms with Gasteiger partial charge in [0.1, 0.15) is 0 Å². The van der Waals surface area contributed by atoms with E-state index in [4.69, 9.17) is 0 Å². The predicted molar refractivity (Wildman–Crippen MR) is 153 cm³/mol. The molecule has 0 saturated carbocycles. The number of hydrogen-bond acceptors (Lipinski definition) is 5. The van der Waals surface area contributed by atoms with E-state index in [0.717, 1.165) is 58.6 Å². The van der Waals surface area contributed by atoms with Gasteiger partial charge in [0.2, 0.25) is 10.0 Å². The van der Waals surface area contributed by atoms with Crippen LogP contribution in [0.4, 0.5) is 5.69 Å².